The van der Waals surface area contributed by atoms with E-state index in [4.69, 9.17) is 14.2 Å². The van der Waals surface area contributed by atoms with E-state index < -0.39 is 58.3 Å². The third-order valence-corrected chi connectivity index (χ3v) is 10.4. The zero-order valence-electron chi connectivity index (χ0n) is 23.8. The quantitative estimate of drug-likeness (QED) is 0.317. The molecule has 1 N–H and O–H groups in total. The largest absolute Gasteiger partial charge is 0.458 e. The molecule has 9 heteroatoms. The van der Waals surface area contributed by atoms with Gasteiger partial charge in [0.25, 0.3) is 0 Å². The number of ether oxygens (including phenoxy) is 3. The number of Topliss-reactive ketones (excluding diaryl/α,β-unsaturated/α-hetero) is 1. The SMILES string of the molecule is CC(=O)OC1C(=O)C2(C)C(N=O)CC3OCC3C2CC2(O)C[C@H](OC(=O)CCc3ccccc3)C(C)=C1C2(C)C. The van der Waals surface area contributed by atoms with Gasteiger partial charge in [-0.05, 0) is 49.3 Å². The topological polar surface area (TPSA) is 129 Å². The molecule has 8 atom stereocenters. The third kappa shape index (κ3) is 4.42. The fourth-order valence-corrected chi connectivity index (χ4v) is 7.78. The van der Waals surface area contributed by atoms with Crippen LogP contribution in [0, 0.1) is 27.6 Å². The van der Waals surface area contributed by atoms with Crippen LogP contribution in [0.5, 0.6) is 0 Å². The highest BCUT2D eigenvalue weighted by Gasteiger charge is 2.68. The second-order valence-corrected chi connectivity index (χ2v) is 12.8. The van der Waals surface area contributed by atoms with E-state index in [0.717, 1.165) is 5.56 Å². The molecule has 216 valence electrons. The van der Waals surface area contributed by atoms with E-state index in [1.165, 1.54) is 6.92 Å². The van der Waals surface area contributed by atoms with Gasteiger partial charge in [-0.2, -0.15) is 4.91 Å². The standard InChI is InChI=1S/C31H39NO8/c1-17-23(40-25(34)12-11-19-9-7-6-8-10-19)15-31(36)14-21-20-16-38-22(20)13-24(32-37)30(21,5)28(35)27(39-18(2)33)26(17)29(31,3)4/h6-10,20-24,27,36H,11-16H2,1-5H3/t20?,21?,22?,23-,24?,27?,30?,31?/m0/s1. The molecule has 0 radical (unpaired) electrons. The van der Waals surface area contributed by atoms with Gasteiger partial charge in [-0.3, -0.25) is 14.4 Å². The van der Waals surface area contributed by atoms with Gasteiger partial charge in [-0.25, -0.2) is 0 Å². The molecule has 1 saturated heterocycles. The zero-order valence-corrected chi connectivity index (χ0v) is 23.8. The summed E-state index contributed by atoms with van der Waals surface area (Å²) in [5.41, 5.74) is -1.66. The Morgan fingerprint density at radius 1 is 1.12 bits per heavy atom. The monoisotopic (exact) mass is 553 g/mol. The summed E-state index contributed by atoms with van der Waals surface area (Å²) in [6, 6.07) is 8.74. The Bertz CT molecular complexity index is 1240. The maximum atomic E-state index is 14.5. The molecule has 9 nitrogen and oxygen atoms in total. The van der Waals surface area contributed by atoms with Gasteiger partial charge >= 0.3 is 11.9 Å². The van der Waals surface area contributed by atoms with E-state index in [9.17, 15) is 24.4 Å². The maximum Gasteiger partial charge on any atom is 0.306 e. The van der Waals surface area contributed by atoms with Crippen molar-refractivity contribution in [2.75, 3.05) is 6.61 Å². The number of benzene rings is 1. The number of carbonyl (C=O) groups is 3. The number of ketones is 1. The van der Waals surface area contributed by atoms with Crippen molar-refractivity contribution in [3.63, 3.8) is 0 Å². The molecule has 0 aromatic heterocycles. The maximum absolute atomic E-state index is 14.5. The number of rotatable bonds is 6. The van der Waals surface area contributed by atoms with Gasteiger partial charge in [0.2, 0.25) is 0 Å². The van der Waals surface area contributed by atoms with Crippen molar-refractivity contribution in [1.29, 1.82) is 0 Å². The number of carbonyl (C=O) groups excluding carboxylic acids is 3. The van der Waals surface area contributed by atoms with Crippen LogP contribution in [-0.2, 0) is 35.0 Å². The number of nitrogens with zero attached hydrogens (tertiary/aromatic N) is 1. The van der Waals surface area contributed by atoms with Crippen molar-refractivity contribution in [3.8, 4) is 0 Å². The minimum absolute atomic E-state index is 0.0508. The Hall–Kier alpha value is -2.91. The van der Waals surface area contributed by atoms with E-state index in [2.05, 4.69) is 5.18 Å². The fourth-order valence-electron chi connectivity index (χ4n) is 7.78. The first-order valence-electron chi connectivity index (χ1n) is 14.2. The second-order valence-electron chi connectivity index (χ2n) is 12.8. The molecule has 40 heavy (non-hydrogen) atoms. The van der Waals surface area contributed by atoms with E-state index in [1.54, 1.807) is 13.8 Å². The molecule has 4 aliphatic rings. The Balaban J connectivity index is 1.56. The lowest BCUT2D eigenvalue weighted by molar-refractivity contribution is -0.224. The average Bonchev–Trinajstić information content (AvgIpc) is 2.88. The molecule has 0 spiro atoms. The van der Waals surface area contributed by atoms with Crippen LogP contribution >= 0.6 is 0 Å². The number of aliphatic hydroxyl groups is 1. The van der Waals surface area contributed by atoms with Crippen LogP contribution in [0.3, 0.4) is 0 Å². The lowest BCUT2D eigenvalue weighted by Crippen LogP contribution is -2.69. The smallest absolute Gasteiger partial charge is 0.306 e. The fraction of sp³-hybridized carbons (Fsp3) is 0.645. The summed E-state index contributed by atoms with van der Waals surface area (Å²) in [4.78, 5) is 52.0. The first kappa shape index (κ1) is 28.6. The average molecular weight is 554 g/mol. The molecular weight excluding hydrogens is 514 g/mol. The van der Waals surface area contributed by atoms with Crippen molar-refractivity contribution < 1.29 is 33.7 Å². The number of esters is 2. The van der Waals surface area contributed by atoms with E-state index >= 15 is 0 Å². The molecular formula is C31H39NO8. The van der Waals surface area contributed by atoms with Crippen LogP contribution in [-0.4, -0.2) is 59.4 Å². The molecule has 3 fully saturated rings. The highest BCUT2D eigenvalue weighted by atomic mass is 16.6. The van der Waals surface area contributed by atoms with E-state index in [0.29, 0.717) is 30.6 Å². The number of hydrogen-bond donors (Lipinski definition) is 1. The highest BCUT2D eigenvalue weighted by Crippen LogP contribution is 2.62. The van der Waals surface area contributed by atoms with Gasteiger partial charge in [0.15, 0.2) is 11.9 Å². The molecule has 1 aliphatic heterocycles. The van der Waals surface area contributed by atoms with E-state index in [1.807, 2.05) is 44.2 Å². The summed E-state index contributed by atoms with van der Waals surface area (Å²) in [5.74, 6) is -1.96. The molecule has 5 rings (SSSR count). The predicted octanol–water partition coefficient (Wildman–Crippen LogP) is 4.09. The van der Waals surface area contributed by atoms with Gasteiger partial charge in [0.1, 0.15) is 12.1 Å². The summed E-state index contributed by atoms with van der Waals surface area (Å²) in [5, 5.41) is 15.9. The Morgan fingerprint density at radius 3 is 2.42 bits per heavy atom. The number of hydrogen-bond acceptors (Lipinski definition) is 9. The van der Waals surface area contributed by atoms with Crippen LogP contribution in [0.15, 0.2) is 46.7 Å². The number of nitroso groups, excluding NO2 is 1. The zero-order chi connectivity index (χ0) is 29.0. The van der Waals surface area contributed by atoms with Crippen molar-refractivity contribution in [3.05, 3.63) is 51.9 Å². The number of fused-ring (bicyclic) bond motifs is 5. The van der Waals surface area contributed by atoms with Crippen molar-refractivity contribution in [1.82, 2.24) is 0 Å². The van der Waals surface area contributed by atoms with Crippen molar-refractivity contribution in [2.24, 2.45) is 27.8 Å². The third-order valence-electron chi connectivity index (χ3n) is 10.4. The first-order valence-corrected chi connectivity index (χ1v) is 14.2. The van der Waals surface area contributed by atoms with E-state index in [-0.39, 0.29) is 31.3 Å². The van der Waals surface area contributed by atoms with Crippen LogP contribution in [0.4, 0.5) is 0 Å². The first-order chi connectivity index (χ1) is 18.8. The van der Waals surface area contributed by atoms with Gasteiger partial charge in [0.05, 0.1) is 23.7 Å². The highest BCUT2D eigenvalue weighted by molar-refractivity contribution is 5.95. The van der Waals surface area contributed by atoms with Crippen LogP contribution < -0.4 is 0 Å². The molecule has 1 aromatic carbocycles. The molecule has 3 aliphatic carbocycles. The summed E-state index contributed by atoms with van der Waals surface area (Å²) in [7, 11) is 0. The number of aryl methyl sites for hydroxylation is 1. The lowest BCUT2D eigenvalue weighted by Gasteiger charge is -2.62. The van der Waals surface area contributed by atoms with Crippen LogP contribution in [0.1, 0.15) is 65.9 Å². The van der Waals surface area contributed by atoms with Gasteiger partial charge in [0, 0.05) is 37.5 Å². The Labute approximate surface area is 234 Å². The van der Waals surface area contributed by atoms with Crippen molar-refractivity contribution >= 4 is 17.7 Å². The molecule has 7 unspecified atom stereocenters. The van der Waals surface area contributed by atoms with Gasteiger partial charge in [-0.15, -0.1) is 0 Å². The molecule has 1 heterocycles. The Morgan fingerprint density at radius 2 is 1.82 bits per heavy atom. The molecule has 2 bridgehead atoms. The van der Waals surface area contributed by atoms with Crippen molar-refractivity contribution in [2.45, 2.75) is 96.7 Å². The summed E-state index contributed by atoms with van der Waals surface area (Å²) in [6.07, 6.45) is -1.08. The van der Waals surface area contributed by atoms with Gasteiger partial charge < -0.3 is 19.3 Å². The Kier molecular flexibility index (Phi) is 7.28. The molecule has 1 aromatic rings. The molecule has 2 saturated carbocycles. The summed E-state index contributed by atoms with van der Waals surface area (Å²) >= 11 is 0. The summed E-state index contributed by atoms with van der Waals surface area (Å²) < 4.78 is 17.5. The lowest BCUT2D eigenvalue weighted by atomic mass is 9.46. The predicted molar refractivity (Wildman–Crippen MR) is 145 cm³/mol. The summed E-state index contributed by atoms with van der Waals surface area (Å²) in [6.45, 7) is 8.83. The molecule has 0 amide bonds. The van der Waals surface area contributed by atoms with Gasteiger partial charge in [-0.1, -0.05) is 49.4 Å². The second kappa shape index (κ2) is 10.2. The van der Waals surface area contributed by atoms with Crippen LogP contribution in [0.2, 0.25) is 0 Å². The minimum Gasteiger partial charge on any atom is -0.458 e. The van der Waals surface area contributed by atoms with Crippen LogP contribution in [0.25, 0.3) is 0 Å². The minimum atomic E-state index is -1.43. The normalized spacial score (nSPS) is 38.1.